The summed E-state index contributed by atoms with van der Waals surface area (Å²) in [4.78, 5) is 11.8. The van der Waals surface area contributed by atoms with E-state index in [1.807, 2.05) is 33.2 Å². The smallest absolute Gasteiger partial charge is 0.368 e. The lowest BCUT2D eigenvalue weighted by Gasteiger charge is -2.18. The van der Waals surface area contributed by atoms with Crippen LogP contribution in [0.1, 0.15) is 30.9 Å². The number of quaternary nitrogens is 1. The Balaban J connectivity index is 2.84. The van der Waals surface area contributed by atoms with Crippen LogP contribution in [0.4, 0.5) is 0 Å². The molecule has 1 aromatic carbocycles. The Morgan fingerprint density at radius 3 is 2.50 bits per heavy atom. The quantitative estimate of drug-likeness (QED) is 0.483. The Morgan fingerprint density at radius 1 is 1.39 bits per heavy atom. The molecule has 0 atom stereocenters. The zero-order valence-electron chi connectivity index (χ0n) is 11.7. The summed E-state index contributed by atoms with van der Waals surface area (Å²) in [5.41, 5.74) is 2.16. The van der Waals surface area contributed by atoms with Gasteiger partial charge in [-0.2, -0.15) is 0 Å². The van der Waals surface area contributed by atoms with Crippen LogP contribution in [0.15, 0.2) is 18.2 Å². The van der Waals surface area contributed by atoms with Crippen LogP contribution in [0, 0.1) is 6.92 Å². The highest BCUT2D eigenvalue weighted by molar-refractivity contribution is 9.05. The van der Waals surface area contributed by atoms with Crippen molar-refractivity contribution in [2.75, 3.05) is 20.6 Å². The molecule has 0 saturated heterocycles. The van der Waals surface area contributed by atoms with Crippen LogP contribution in [0.25, 0.3) is 0 Å². The van der Waals surface area contributed by atoms with Crippen LogP contribution in [0.2, 0.25) is 0 Å². The lowest BCUT2D eigenvalue weighted by molar-refractivity contribution is -0.725. The maximum absolute atomic E-state index is 11.8. The zero-order valence-corrected chi connectivity index (χ0v) is 13.2. The first kappa shape index (κ1) is 15.2. The molecule has 0 aromatic heterocycles. The molecule has 1 aromatic rings. The Morgan fingerprint density at radius 2 is 2.00 bits per heavy atom. The number of hydrogen-bond acceptors (Lipinski definition) is 2. The highest BCUT2D eigenvalue weighted by atomic mass is 79.9. The van der Waals surface area contributed by atoms with E-state index in [1.54, 1.807) is 0 Å². The van der Waals surface area contributed by atoms with Gasteiger partial charge in [0.2, 0.25) is 16.1 Å². The number of rotatable bonds is 4. The molecule has 18 heavy (non-hydrogen) atoms. The first-order valence-corrected chi connectivity index (χ1v) is 6.74. The summed E-state index contributed by atoms with van der Waals surface area (Å²) in [5, 5.41) is 0. The van der Waals surface area contributed by atoms with E-state index in [-0.39, 0.29) is 12.5 Å². The van der Waals surface area contributed by atoms with Gasteiger partial charge in [0, 0.05) is 0 Å². The van der Waals surface area contributed by atoms with Crippen molar-refractivity contribution >= 4 is 22.1 Å². The maximum Gasteiger partial charge on any atom is 0.368 e. The summed E-state index contributed by atoms with van der Waals surface area (Å²) in [6, 6.07) is 6.01. The van der Waals surface area contributed by atoms with Gasteiger partial charge in [0.25, 0.3) is 0 Å². The van der Waals surface area contributed by atoms with Gasteiger partial charge in [-0.25, -0.2) is 4.79 Å². The van der Waals surface area contributed by atoms with E-state index in [1.165, 1.54) is 5.56 Å². The Hall–Kier alpha value is -0.870. The van der Waals surface area contributed by atoms with E-state index in [9.17, 15) is 4.79 Å². The van der Waals surface area contributed by atoms with Crippen molar-refractivity contribution in [3.05, 3.63) is 29.3 Å². The first-order valence-electron chi connectivity index (χ1n) is 6.03. The van der Waals surface area contributed by atoms with E-state index in [2.05, 4.69) is 36.1 Å². The molecule has 4 heteroatoms. The van der Waals surface area contributed by atoms with Crippen LogP contribution in [0.3, 0.4) is 0 Å². The van der Waals surface area contributed by atoms with Crippen LogP contribution in [0.5, 0.6) is 5.75 Å². The second-order valence-corrected chi connectivity index (χ2v) is 7.27. The van der Waals surface area contributed by atoms with Crippen LogP contribution in [-0.2, 0) is 4.79 Å². The van der Waals surface area contributed by atoms with Gasteiger partial charge in [-0.1, -0.05) is 26.0 Å². The van der Waals surface area contributed by atoms with E-state index in [0.717, 1.165) is 5.56 Å². The monoisotopic (exact) mass is 314 g/mol. The molecule has 3 nitrogen and oxygen atoms in total. The molecule has 0 aliphatic carbocycles. The topological polar surface area (TPSA) is 26.3 Å². The van der Waals surface area contributed by atoms with Crippen molar-refractivity contribution in [1.29, 1.82) is 0 Å². The number of benzene rings is 1. The molecule has 0 bridgehead atoms. The van der Waals surface area contributed by atoms with Crippen LogP contribution in [-0.4, -0.2) is 30.1 Å². The van der Waals surface area contributed by atoms with E-state index in [0.29, 0.717) is 15.2 Å². The summed E-state index contributed by atoms with van der Waals surface area (Å²) in [5.74, 6) is 0.847. The Kier molecular flexibility index (Phi) is 4.93. The van der Waals surface area contributed by atoms with Gasteiger partial charge >= 0.3 is 5.97 Å². The highest BCUT2D eigenvalue weighted by Gasteiger charge is 2.19. The predicted octanol–water partition coefficient (Wildman–Crippen LogP) is 3.41. The number of likely N-dealkylation sites (N-methyl/N-ethyl adjacent to an activating group) is 1. The van der Waals surface area contributed by atoms with Crippen molar-refractivity contribution in [2.45, 2.75) is 26.7 Å². The Labute approximate surface area is 118 Å². The van der Waals surface area contributed by atoms with Gasteiger partial charge in [0.05, 0.1) is 14.1 Å². The van der Waals surface area contributed by atoms with E-state index in [4.69, 9.17) is 4.74 Å². The molecule has 0 unspecified atom stereocenters. The van der Waals surface area contributed by atoms with Crippen LogP contribution >= 0.6 is 16.1 Å². The maximum atomic E-state index is 11.8. The number of carbonyl (C=O) groups excluding carboxylic acids is 1. The summed E-state index contributed by atoms with van der Waals surface area (Å²) in [6.45, 7) is 6.47. The predicted molar refractivity (Wildman–Crippen MR) is 76.8 cm³/mol. The van der Waals surface area contributed by atoms with Crippen molar-refractivity contribution < 1.29 is 13.0 Å². The van der Waals surface area contributed by atoms with Gasteiger partial charge in [-0.15, -0.1) is 0 Å². The second kappa shape index (κ2) is 5.85. The molecule has 0 fully saturated rings. The van der Waals surface area contributed by atoms with Gasteiger partial charge in [0.1, 0.15) is 5.75 Å². The fourth-order valence-electron chi connectivity index (χ4n) is 1.55. The van der Waals surface area contributed by atoms with Crippen molar-refractivity contribution in [3.63, 3.8) is 0 Å². The average molecular weight is 315 g/mol. The summed E-state index contributed by atoms with van der Waals surface area (Å²) >= 11 is 3.39. The minimum Gasteiger partial charge on any atom is -0.422 e. The second-order valence-electron chi connectivity index (χ2n) is 5.35. The van der Waals surface area contributed by atoms with Gasteiger partial charge in [-0.05, 0) is 30.0 Å². The number of hydrogen-bond donors (Lipinski definition) is 0. The third-order valence-corrected chi connectivity index (χ3v) is 2.86. The summed E-state index contributed by atoms with van der Waals surface area (Å²) < 4.78 is 5.81. The summed E-state index contributed by atoms with van der Waals surface area (Å²) in [7, 11) is 3.78. The fourth-order valence-corrected chi connectivity index (χ4v) is 1.75. The highest BCUT2D eigenvalue weighted by Crippen LogP contribution is 2.24. The minimum absolute atomic E-state index is 0.235. The third kappa shape index (κ3) is 4.78. The molecule has 0 aliphatic rings. The number of ether oxygens (including phenoxy) is 1. The van der Waals surface area contributed by atoms with Gasteiger partial charge < -0.3 is 4.74 Å². The van der Waals surface area contributed by atoms with Crippen molar-refractivity contribution in [3.8, 4) is 5.75 Å². The summed E-state index contributed by atoms with van der Waals surface area (Å²) in [6.07, 6.45) is 0. The lowest BCUT2D eigenvalue weighted by atomic mass is 10.0. The molecule has 100 valence electrons. The minimum atomic E-state index is -0.235. The number of esters is 1. The number of aryl methyl sites for hydroxylation is 1. The molecular formula is C14H21BrNO2+. The first-order chi connectivity index (χ1) is 8.19. The number of nitrogens with zero attached hydrogens (tertiary/aromatic N) is 1. The van der Waals surface area contributed by atoms with Gasteiger partial charge in [0.15, 0.2) is 6.54 Å². The molecule has 0 spiro atoms. The number of halogens is 1. The molecule has 0 saturated carbocycles. The average Bonchev–Trinajstić information content (AvgIpc) is 2.18. The fraction of sp³-hybridized carbons (Fsp3) is 0.500. The standard InChI is InChI=1S/C14H21BrNO2/c1-10(2)12-7-6-11(3)13(8-12)18-14(17)9-16(4,5)15/h6-8,10H,9H2,1-5H3/q+1. The van der Waals surface area contributed by atoms with Crippen LogP contribution < -0.4 is 4.74 Å². The molecule has 0 radical (unpaired) electrons. The SMILES string of the molecule is Cc1ccc(C(C)C)cc1OC(=O)C[N+](C)(C)Br. The molecule has 0 heterocycles. The van der Waals surface area contributed by atoms with Crippen molar-refractivity contribution in [1.82, 2.24) is 0 Å². The Bertz CT molecular complexity index is 436. The largest absolute Gasteiger partial charge is 0.422 e. The molecule has 1 rings (SSSR count). The molecule has 0 aliphatic heterocycles. The molecular weight excluding hydrogens is 294 g/mol. The number of carbonyl (C=O) groups is 1. The normalized spacial score (nSPS) is 11.7. The van der Waals surface area contributed by atoms with Crippen molar-refractivity contribution in [2.24, 2.45) is 0 Å². The third-order valence-electron chi connectivity index (χ3n) is 2.61. The zero-order chi connectivity index (χ0) is 13.9. The van der Waals surface area contributed by atoms with E-state index < -0.39 is 0 Å². The van der Waals surface area contributed by atoms with Gasteiger partial charge in [-0.3, -0.25) is 3.51 Å². The molecule has 0 amide bonds. The lowest BCUT2D eigenvalue weighted by Crippen LogP contribution is -2.35. The van der Waals surface area contributed by atoms with E-state index >= 15 is 0 Å². The molecule has 0 N–H and O–H groups in total.